The molecule has 0 spiro atoms. The van der Waals surface area contributed by atoms with Crippen LogP contribution in [0.25, 0.3) is 10.9 Å². The van der Waals surface area contributed by atoms with Crippen molar-refractivity contribution in [3.63, 3.8) is 0 Å². The first-order valence-corrected chi connectivity index (χ1v) is 8.41. The van der Waals surface area contributed by atoms with Crippen LogP contribution in [-0.2, 0) is 10.0 Å². The topological polar surface area (TPSA) is 56.1 Å². The molecule has 1 heterocycles. The van der Waals surface area contributed by atoms with E-state index in [1.807, 2.05) is 0 Å². The Morgan fingerprint density at radius 3 is 2.45 bits per heavy atom. The number of benzene rings is 2. The second-order valence-electron chi connectivity index (χ2n) is 4.57. The third-order valence-electron chi connectivity index (χ3n) is 3.29. The number of hydrogen-bond donors (Lipinski definition) is 0. The van der Waals surface area contributed by atoms with Gasteiger partial charge in [-0.25, -0.2) is 12.4 Å². The molecule has 0 fully saturated rings. The molecule has 0 aliphatic heterocycles. The minimum absolute atomic E-state index is 0.0467. The molecule has 0 N–H and O–H groups in total. The molecule has 4 nitrogen and oxygen atoms in total. The standard InChI is InChI=1S/C15H9Cl2NO3S/c16-12-5-3-7-14(15(12)17)22(20,21)18-8-10(9-19)11-4-1-2-6-13(11)18/h1-9H. The van der Waals surface area contributed by atoms with E-state index in [1.165, 1.54) is 24.4 Å². The zero-order chi connectivity index (χ0) is 15.9. The van der Waals surface area contributed by atoms with E-state index in [0.717, 1.165) is 3.97 Å². The van der Waals surface area contributed by atoms with Gasteiger partial charge >= 0.3 is 0 Å². The van der Waals surface area contributed by atoms with Crippen LogP contribution in [0.2, 0.25) is 10.0 Å². The smallest absolute Gasteiger partial charge is 0.269 e. The number of carbonyl (C=O) groups excluding carboxylic acids is 1. The molecule has 0 saturated heterocycles. The van der Waals surface area contributed by atoms with Crippen molar-refractivity contribution < 1.29 is 13.2 Å². The Bertz CT molecular complexity index is 993. The molecule has 0 amide bonds. The van der Waals surface area contributed by atoms with Gasteiger partial charge < -0.3 is 0 Å². The van der Waals surface area contributed by atoms with Crippen LogP contribution in [0.4, 0.5) is 0 Å². The van der Waals surface area contributed by atoms with Crippen LogP contribution in [0, 0.1) is 0 Å². The third-order valence-corrected chi connectivity index (χ3v) is 5.94. The van der Waals surface area contributed by atoms with Crippen LogP contribution in [0.15, 0.2) is 53.6 Å². The maximum absolute atomic E-state index is 12.9. The van der Waals surface area contributed by atoms with Crippen molar-refractivity contribution in [2.24, 2.45) is 0 Å². The Balaban J connectivity index is 2.35. The lowest BCUT2D eigenvalue weighted by Gasteiger charge is -2.09. The van der Waals surface area contributed by atoms with Crippen LogP contribution in [0.3, 0.4) is 0 Å². The number of nitrogens with zero attached hydrogens (tertiary/aromatic N) is 1. The van der Waals surface area contributed by atoms with Crippen molar-refractivity contribution in [1.29, 1.82) is 0 Å². The number of fused-ring (bicyclic) bond motifs is 1. The average Bonchev–Trinajstić information content (AvgIpc) is 2.89. The number of halogens is 2. The fraction of sp³-hybridized carbons (Fsp3) is 0. The first kappa shape index (κ1) is 15.1. The van der Waals surface area contributed by atoms with E-state index in [-0.39, 0.29) is 20.5 Å². The predicted octanol–water partition coefficient (Wildman–Crippen LogP) is 4.00. The fourth-order valence-corrected chi connectivity index (χ4v) is 4.38. The van der Waals surface area contributed by atoms with E-state index in [0.29, 0.717) is 17.2 Å². The number of rotatable bonds is 3. The van der Waals surface area contributed by atoms with Gasteiger partial charge in [0.25, 0.3) is 10.0 Å². The fourth-order valence-electron chi connectivity index (χ4n) is 2.26. The molecule has 0 radical (unpaired) electrons. The molecule has 112 valence electrons. The van der Waals surface area contributed by atoms with Gasteiger partial charge in [0.15, 0.2) is 6.29 Å². The van der Waals surface area contributed by atoms with Gasteiger partial charge in [-0.2, -0.15) is 0 Å². The van der Waals surface area contributed by atoms with Gasteiger partial charge in [-0.3, -0.25) is 4.79 Å². The quantitative estimate of drug-likeness (QED) is 0.668. The highest BCUT2D eigenvalue weighted by molar-refractivity contribution is 7.90. The Morgan fingerprint density at radius 1 is 1.00 bits per heavy atom. The Labute approximate surface area is 136 Å². The van der Waals surface area contributed by atoms with Crippen molar-refractivity contribution >= 4 is 50.4 Å². The van der Waals surface area contributed by atoms with Crippen molar-refractivity contribution in [1.82, 2.24) is 3.97 Å². The maximum Gasteiger partial charge on any atom is 0.269 e. The first-order valence-electron chi connectivity index (χ1n) is 6.21. The summed E-state index contributed by atoms with van der Waals surface area (Å²) in [6, 6.07) is 11.1. The summed E-state index contributed by atoms with van der Waals surface area (Å²) in [5, 5.41) is 0.656. The molecule has 1 aromatic heterocycles. The summed E-state index contributed by atoms with van der Waals surface area (Å²) in [4.78, 5) is 11.1. The van der Waals surface area contributed by atoms with E-state index < -0.39 is 10.0 Å². The van der Waals surface area contributed by atoms with E-state index in [1.54, 1.807) is 24.3 Å². The Hall–Kier alpha value is -1.82. The van der Waals surface area contributed by atoms with Gasteiger partial charge in [0.1, 0.15) is 4.90 Å². The zero-order valence-corrected chi connectivity index (χ0v) is 13.4. The first-order chi connectivity index (χ1) is 10.5. The van der Waals surface area contributed by atoms with Gasteiger partial charge in [-0.1, -0.05) is 47.5 Å². The van der Waals surface area contributed by atoms with Gasteiger partial charge in [0, 0.05) is 17.1 Å². The van der Waals surface area contributed by atoms with Crippen LogP contribution in [0.5, 0.6) is 0 Å². The summed E-state index contributed by atoms with van der Waals surface area (Å²) in [6.07, 6.45) is 1.90. The number of hydrogen-bond acceptors (Lipinski definition) is 3. The predicted molar refractivity (Wildman–Crippen MR) is 86.4 cm³/mol. The molecule has 3 rings (SSSR count). The average molecular weight is 354 g/mol. The maximum atomic E-state index is 12.9. The lowest BCUT2D eigenvalue weighted by Crippen LogP contribution is -2.12. The summed E-state index contributed by atoms with van der Waals surface area (Å²) < 4.78 is 26.8. The summed E-state index contributed by atoms with van der Waals surface area (Å²) >= 11 is 11.9. The van der Waals surface area contributed by atoms with E-state index in [2.05, 4.69) is 0 Å². The number of aldehydes is 1. The molecule has 22 heavy (non-hydrogen) atoms. The second kappa shape index (κ2) is 5.43. The normalized spacial score (nSPS) is 11.7. The van der Waals surface area contributed by atoms with E-state index >= 15 is 0 Å². The largest absolute Gasteiger partial charge is 0.298 e. The molecule has 0 unspecified atom stereocenters. The van der Waals surface area contributed by atoms with Crippen LogP contribution < -0.4 is 0 Å². The molecule has 3 aromatic rings. The number of para-hydroxylation sites is 1. The summed E-state index contributed by atoms with van der Waals surface area (Å²) in [7, 11) is -3.97. The minimum Gasteiger partial charge on any atom is -0.298 e. The lowest BCUT2D eigenvalue weighted by atomic mass is 10.2. The van der Waals surface area contributed by atoms with Gasteiger partial charge in [-0.05, 0) is 18.2 Å². The van der Waals surface area contributed by atoms with Crippen molar-refractivity contribution in [3.05, 3.63) is 64.3 Å². The molecule has 0 bridgehead atoms. The summed E-state index contributed by atoms with van der Waals surface area (Å²) in [5.41, 5.74) is 0.693. The van der Waals surface area contributed by atoms with E-state index in [4.69, 9.17) is 23.2 Å². The molecule has 2 aromatic carbocycles. The molecule has 0 saturated carbocycles. The minimum atomic E-state index is -3.97. The van der Waals surface area contributed by atoms with Gasteiger partial charge in [-0.15, -0.1) is 0 Å². The van der Waals surface area contributed by atoms with E-state index in [9.17, 15) is 13.2 Å². The molecular weight excluding hydrogens is 345 g/mol. The highest BCUT2D eigenvalue weighted by atomic mass is 35.5. The third kappa shape index (κ3) is 2.22. The SMILES string of the molecule is O=Cc1cn(S(=O)(=O)c2cccc(Cl)c2Cl)c2ccccc12. The van der Waals surface area contributed by atoms with Crippen molar-refractivity contribution in [2.75, 3.05) is 0 Å². The van der Waals surface area contributed by atoms with Crippen LogP contribution in [-0.4, -0.2) is 18.7 Å². The molecule has 0 aliphatic rings. The van der Waals surface area contributed by atoms with Crippen LogP contribution >= 0.6 is 23.2 Å². The van der Waals surface area contributed by atoms with Gasteiger partial charge in [0.05, 0.1) is 15.6 Å². The van der Waals surface area contributed by atoms with Crippen molar-refractivity contribution in [3.8, 4) is 0 Å². The molecular formula is C15H9Cl2NO3S. The zero-order valence-electron chi connectivity index (χ0n) is 11.0. The summed E-state index contributed by atoms with van der Waals surface area (Å²) in [5.74, 6) is 0. The number of carbonyl (C=O) groups is 1. The molecule has 7 heteroatoms. The lowest BCUT2D eigenvalue weighted by molar-refractivity contribution is 0.112. The monoisotopic (exact) mass is 353 g/mol. The molecule has 0 atom stereocenters. The Morgan fingerprint density at radius 2 is 1.73 bits per heavy atom. The van der Waals surface area contributed by atoms with Gasteiger partial charge in [0.2, 0.25) is 0 Å². The highest BCUT2D eigenvalue weighted by Gasteiger charge is 2.24. The Kier molecular flexibility index (Phi) is 3.72. The van der Waals surface area contributed by atoms with Crippen LogP contribution in [0.1, 0.15) is 10.4 Å². The number of aromatic nitrogens is 1. The molecule has 0 aliphatic carbocycles. The van der Waals surface area contributed by atoms with Crippen molar-refractivity contribution in [2.45, 2.75) is 4.90 Å². The summed E-state index contributed by atoms with van der Waals surface area (Å²) in [6.45, 7) is 0. The second-order valence-corrected chi connectivity index (χ2v) is 7.14. The highest BCUT2D eigenvalue weighted by Crippen LogP contribution is 2.32.